The third-order valence-corrected chi connectivity index (χ3v) is 3.09. The fraction of sp³-hybridized carbons (Fsp3) is 0.385. The van der Waals surface area contributed by atoms with Gasteiger partial charge in [-0.15, -0.1) is 0 Å². The number of hydrogen-bond acceptors (Lipinski definition) is 1. The minimum absolute atomic E-state index is 0.263. The highest BCUT2D eigenvalue weighted by Crippen LogP contribution is 2.36. The highest BCUT2D eigenvalue weighted by atomic mass is 16.3. The maximum absolute atomic E-state index is 9.72. The van der Waals surface area contributed by atoms with Gasteiger partial charge in [-0.25, -0.2) is 0 Å². The molecule has 0 aliphatic carbocycles. The molecule has 0 amide bonds. The molecule has 1 aromatic carbocycles. The minimum Gasteiger partial charge on any atom is -0.512 e. The summed E-state index contributed by atoms with van der Waals surface area (Å²) in [4.78, 5) is 0. The normalized spacial score (nSPS) is 11.3. The standard InChI is InChI=1S/C13H18O/c1-4-13(5-2,11(3)14)12-9-7-6-8-10-12/h6-10,14H,3-5H2,1-2H3. The Morgan fingerprint density at radius 1 is 1.21 bits per heavy atom. The highest BCUT2D eigenvalue weighted by molar-refractivity contribution is 5.32. The molecule has 0 unspecified atom stereocenters. The quantitative estimate of drug-likeness (QED) is 0.716. The zero-order valence-electron chi connectivity index (χ0n) is 8.96. The molecule has 0 aliphatic rings. The Labute approximate surface area is 86.1 Å². The van der Waals surface area contributed by atoms with Gasteiger partial charge < -0.3 is 5.11 Å². The van der Waals surface area contributed by atoms with Crippen LogP contribution in [0, 0.1) is 0 Å². The molecule has 0 saturated heterocycles. The van der Waals surface area contributed by atoms with Crippen molar-refractivity contribution in [2.24, 2.45) is 0 Å². The molecule has 1 N–H and O–H groups in total. The van der Waals surface area contributed by atoms with Crippen molar-refractivity contribution in [2.75, 3.05) is 0 Å². The highest BCUT2D eigenvalue weighted by Gasteiger charge is 2.31. The number of aliphatic hydroxyl groups is 1. The molecule has 0 aliphatic heterocycles. The monoisotopic (exact) mass is 190 g/mol. The lowest BCUT2D eigenvalue weighted by atomic mass is 9.74. The molecule has 0 spiro atoms. The van der Waals surface area contributed by atoms with E-state index in [1.807, 2.05) is 18.2 Å². The van der Waals surface area contributed by atoms with Gasteiger partial charge in [-0.1, -0.05) is 50.8 Å². The summed E-state index contributed by atoms with van der Waals surface area (Å²) in [6.45, 7) is 7.86. The van der Waals surface area contributed by atoms with Gasteiger partial charge in [-0.2, -0.15) is 0 Å². The molecule has 0 heterocycles. The van der Waals surface area contributed by atoms with Crippen LogP contribution in [0.15, 0.2) is 42.7 Å². The molecular formula is C13H18O. The maximum atomic E-state index is 9.72. The second-order valence-electron chi connectivity index (χ2n) is 3.60. The van der Waals surface area contributed by atoms with Gasteiger partial charge >= 0.3 is 0 Å². The zero-order valence-corrected chi connectivity index (χ0v) is 8.96. The van der Waals surface area contributed by atoms with Gasteiger partial charge in [0.2, 0.25) is 0 Å². The minimum atomic E-state index is -0.263. The van der Waals surface area contributed by atoms with Crippen molar-refractivity contribution in [2.45, 2.75) is 32.1 Å². The lowest BCUT2D eigenvalue weighted by Gasteiger charge is -2.31. The molecule has 0 radical (unpaired) electrons. The van der Waals surface area contributed by atoms with Crippen LogP contribution in [0.4, 0.5) is 0 Å². The molecule has 1 nitrogen and oxygen atoms in total. The topological polar surface area (TPSA) is 20.2 Å². The van der Waals surface area contributed by atoms with Crippen LogP contribution in [0.1, 0.15) is 32.3 Å². The number of benzene rings is 1. The molecule has 0 saturated carbocycles. The van der Waals surface area contributed by atoms with Crippen LogP contribution in [0.3, 0.4) is 0 Å². The second kappa shape index (κ2) is 4.32. The summed E-state index contributed by atoms with van der Waals surface area (Å²) in [5.74, 6) is 0.272. The summed E-state index contributed by atoms with van der Waals surface area (Å²) in [6, 6.07) is 10.1. The predicted molar refractivity (Wildman–Crippen MR) is 60.5 cm³/mol. The molecule has 0 aromatic heterocycles. The zero-order chi connectivity index (χ0) is 10.6. The van der Waals surface area contributed by atoms with E-state index < -0.39 is 0 Å². The van der Waals surface area contributed by atoms with E-state index in [1.54, 1.807) is 0 Å². The molecule has 0 atom stereocenters. The van der Waals surface area contributed by atoms with E-state index in [-0.39, 0.29) is 11.2 Å². The van der Waals surface area contributed by atoms with Crippen LogP contribution in [0.25, 0.3) is 0 Å². The number of hydrogen-bond donors (Lipinski definition) is 1. The SMILES string of the molecule is C=C(O)C(CC)(CC)c1ccccc1. The average molecular weight is 190 g/mol. The van der Waals surface area contributed by atoms with Crippen LogP contribution in [-0.2, 0) is 5.41 Å². The van der Waals surface area contributed by atoms with Crippen LogP contribution in [-0.4, -0.2) is 5.11 Å². The Bertz CT molecular complexity index is 296. The van der Waals surface area contributed by atoms with E-state index in [4.69, 9.17) is 0 Å². The molecule has 0 fully saturated rings. The van der Waals surface area contributed by atoms with Gasteiger partial charge in [0.25, 0.3) is 0 Å². The van der Waals surface area contributed by atoms with Crippen molar-refractivity contribution in [1.82, 2.24) is 0 Å². The van der Waals surface area contributed by atoms with Crippen LogP contribution < -0.4 is 0 Å². The van der Waals surface area contributed by atoms with Crippen LogP contribution in [0.5, 0.6) is 0 Å². The molecule has 1 rings (SSSR count). The van der Waals surface area contributed by atoms with Gasteiger partial charge in [-0.05, 0) is 18.4 Å². The molecule has 1 aromatic rings. The Kier molecular flexibility index (Phi) is 3.34. The van der Waals surface area contributed by atoms with Gasteiger partial charge in [-0.3, -0.25) is 0 Å². The first kappa shape index (κ1) is 10.8. The predicted octanol–water partition coefficient (Wildman–Crippen LogP) is 3.82. The van der Waals surface area contributed by atoms with Crippen molar-refractivity contribution < 1.29 is 5.11 Å². The van der Waals surface area contributed by atoms with Gasteiger partial charge in [0.15, 0.2) is 0 Å². The number of allylic oxidation sites excluding steroid dienone is 1. The Balaban J connectivity index is 3.18. The first-order chi connectivity index (χ1) is 6.67. The van der Waals surface area contributed by atoms with Gasteiger partial charge in [0.05, 0.1) is 11.2 Å². The van der Waals surface area contributed by atoms with Crippen molar-refractivity contribution in [3.05, 3.63) is 48.2 Å². The van der Waals surface area contributed by atoms with E-state index in [1.165, 1.54) is 0 Å². The third kappa shape index (κ3) is 1.67. The van der Waals surface area contributed by atoms with E-state index in [0.717, 1.165) is 18.4 Å². The van der Waals surface area contributed by atoms with Gasteiger partial charge in [0.1, 0.15) is 0 Å². The maximum Gasteiger partial charge on any atom is 0.0956 e. The Hall–Kier alpha value is -1.24. The molecule has 76 valence electrons. The summed E-state index contributed by atoms with van der Waals surface area (Å²) in [5.41, 5.74) is 0.888. The average Bonchev–Trinajstić information content (AvgIpc) is 2.22. The fourth-order valence-corrected chi connectivity index (χ4v) is 1.99. The number of aliphatic hydroxyl groups excluding tert-OH is 1. The van der Waals surface area contributed by atoms with Crippen molar-refractivity contribution in [3.63, 3.8) is 0 Å². The van der Waals surface area contributed by atoms with E-state index >= 15 is 0 Å². The fourth-order valence-electron chi connectivity index (χ4n) is 1.99. The lowest BCUT2D eigenvalue weighted by molar-refractivity contribution is 0.281. The first-order valence-electron chi connectivity index (χ1n) is 5.11. The Morgan fingerprint density at radius 2 is 1.71 bits per heavy atom. The largest absolute Gasteiger partial charge is 0.512 e. The summed E-state index contributed by atoms with van der Waals surface area (Å²) >= 11 is 0. The molecule has 1 heteroatoms. The lowest BCUT2D eigenvalue weighted by Crippen LogP contribution is -2.26. The van der Waals surface area contributed by atoms with Crippen molar-refractivity contribution in [1.29, 1.82) is 0 Å². The van der Waals surface area contributed by atoms with E-state index in [2.05, 4.69) is 32.6 Å². The summed E-state index contributed by atoms with van der Waals surface area (Å²) in [6.07, 6.45) is 1.76. The van der Waals surface area contributed by atoms with E-state index in [9.17, 15) is 5.11 Å². The summed E-state index contributed by atoms with van der Waals surface area (Å²) < 4.78 is 0. The second-order valence-corrected chi connectivity index (χ2v) is 3.60. The summed E-state index contributed by atoms with van der Waals surface area (Å²) in [7, 11) is 0. The summed E-state index contributed by atoms with van der Waals surface area (Å²) in [5, 5.41) is 9.72. The molecule has 14 heavy (non-hydrogen) atoms. The smallest absolute Gasteiger partial charge is 0.0956 e. The van der Waals surface area contributed by atoms with Crippen LogP contribution in [0.2, 0.25) is 0 Å². The number of rotatable bonds is 4. The molecular weight excluding hydrogens is 172 g/mol. The third-order valence-electron chi connectivity index (χ3n) is 3.09. The Morgan fingerprint density at radius 3 is 2.07 bits per heavy atom. The van der Waals surface area contributed by atoms with E-state index in [0.29, 0.717) is 0 Å². The molecule has 0 bridgehead atoms. The first-order valence-corrected chi connectivity index (χ1v) is 5.11. The van der Waals surface area contributed by atoms with Crippen LogP contribution >= 0.6 is 0 Å². The van der Waals surface area contributed by atoms with Crippen molar-refractivity contribution in [3.8, 4) is 0 Å². The van der Waals surface area contributed by atoms with Gasteiger partial charge in [0, 0.05) is 0 Å². The van der Waals surface area contributed by atoms with Crippen molar-refractivity contribution >= 4 is 0 Å².